The topological polar surface area (TPSA) is 46.6 Å². The lowest BCUT2D eigenvalue weighted by atomic mass is 10.1. The number of hydrogen-bond donors (Lipinski definition) is 0. The molecule has 1 aliphatic heterocycles. The lowest BCUT2D eigenvalue weighted by molar-refractivity contribution is -0.122. The Morgan fingerprint density at radius 3 is 2.35 bits per heavy atom. The maximum Gasteiger partial charge on any atom is 0.293 e. The van der Waals surface area contributed by atoms with Gasteiger partial charge in [-0.25, -0.2) is 0 Å². The van der Waals surface area contributed by atoms with Crippen LogP contribution in [0.3, 0.4) is 0 Å². The molecule has 4 nitrogen and oxygen atoms in total. The van der Waals surface area contributed by atoms with E-state index in [1.54, 1.807) is 18.2 Å². The van der Waals surface area contributed by atoms with Gasteiger partial charge in [0.2, 0.25) is 0 Å². The summed E-state index contributed by atoms with van der Waals surface area (Å²) in [5, 5.41) is 2.64. The number of halogens is 2. The number of imide groups is 1. The fraction of sp³-hybridized carbons (Fsp3) is 0.133. The van der Waals surface area contributed by atoms with E-state index < -0.39 is 0 Å². The summed E-state index contributed by atoms with van der Waals surface area (Å²) >= 11 is 14.0. The van der Waals surface area contributed by atoms with Gasteiger partial charge in [-0.2, -0.15) is 0 Å². The number of benzene rings is 4. The summed E-state index contributed by atoms with van der Waals surface area (Å²) < 4.78 is 6.00. The van der Waals surface area contributed by atoms with E-state index in [0.29, 0.717) is 45.8 Å². The zero-order valence-corrected chi connectivity index (χ0v) is 22.2. The molecule has 186 valence electrons. The molecule has 1 heterocycles. The van der Waals surface area contributed by atoms with Crippen LogP contribution in [0.1, 0.15) is 23.1 Å². The van der Waals surface area contributed by atoms with Gasteiger partial charge < -0.3 is 4.74 Å². The second-order valence-corrected chi connectivity index (χ2v) is 10.5. The lowest BCUT2D eigenvalue weighted by Gasteiger charge is -2.13. The van der Waals surface area contributed by atoms with Gasteiger partial charge in [-0.1, -0.05) is 96.0 Å². The van der Waals surface area contributed by atoms with E-state index in [1.165, 1.54) is 10.5 Å². The summed E-state index contributed by atoms with van der Waals surface area (Å²) in [6.07, 6.45) is 3.15. The van der Waals surface area contributed by atoms with Gasteiger partial charge in [0.1, 0.15) is 6.61 Å². The van der Waals surface area contributed by atoms with Gasteiger partial charge in [-0.15, -0.1) is 0 Å². The van der Waals surface area contributed by atoms with Crippen molar-refractivity contribution in [1.29, 1.82) is 0 Å². The molecule has 0 aliphatic carbocycles. The van der Waals surface area contributed by atoms with Crippen LogP contribution >= 0.6 is 35.0 Å². The monoisotopic (exact) mass is 547 g/mol. The molecule has 1 aliphatic rings. The van der Waals surface area contributed by atoms with Crippen molar-refractivity contribution in [3.05, 3.63) is 117 Å². The van der Waals surface area contributed by atoms with Crippen molar-refractivity contribution in [3.63, 3.8) is 0 Å². The molecule has 0 radical (unpaired) electrons. The molecule has 0 bridgehead atoms. The van der Waals surface area contributed by atoms with Crippen LogP contribution in [-0.2, 0) is 17.8 Å². The third kappa shape index (κ3) is 5.85. The number of aryl methyl sites for hydroxylation is 1. The zero-order valence-electron chi connectivity index (χ0n) is 19.8. The number of thioether (sulfide) groups is 1. The normalized spacial score (nSPS) is 14.6. The molecule has 1 saturated heterocycles. The van der Waals surface area contributed by atoms with E-state index in [0.717, 1.165) is 34.5 Å². The second-order valence-electron chi connectivity index (χ2n) is 8.66. The summed E-state index contributed by atoms with van der Waals surface area (Å²) in [5.74, 6) is 0.0778. The predicted octanol–water partition coefficient (Wildman–Crippen LogP) is 8.39. The Hall–Kier alpha value is -3.25. The molecule has 0 saturated carbocycles. The second kappa shape index (κ2) is 11.4. The Bertz CT molecular complexity index is 1480. The van der Waals surface area contributed by atoms with E-state index in [1.807, 2.05) is 54.6 Å². The van der Waals surface area contributed by atoms with Crippen LogP contribution in [0, 0.1) is 0 Å². The maximum atomic E-state index is 12.9. The van der Waals surface area contributed by atoms with Crippen LogP contribution in [0.2, 0.25) is 10.0 Å². The van der Waals surface area contributed by atoms with Crippen LogP contribution in [0.5, 0.6) is 5.75 Å². The highest BCUT2D eigenvalue weighted by molar-refractivity contribution is 8.18. The van der Waals surface area contributed by atoms with E-state index in [4.69, 9.17) is 27.9 Å². The lowest BCUT2D eigenvalue weighted by Crippen LogP contribution is -2.29. The largest absolute Gasteiger partial charge is 0.486 e. The Morgan fingerprint density at radius 1 is 0.865 bits per heavy atom. The molecule has 4 aromatic carbocycles. The van der Waals surface area contributed by atoms with E-state index >= 15 is 0 Å². The molecule has 2 amide bonds. The van der Waals surface area contributed by atoms with Gasteiger partial charge in [0.05, 0.1) is 15.0 Å². The quantitative estimate of drug-likeness (QED) is 0.208. The highest BCUT2D eigenvalue weighted by Crippen LogP contribution is 2.38. The minimum Gasteiger partial charge on any atom is -0.486 e. The Balaban J connectivity index is 1.26. The zero-order chi connectivity index (χ0) is 25.8. The van der Waals surface area contributed by atoms with Crippen molar-refractivity contribution < 1.29 is 14.3 Å². The smallest absolute Gasteiger partial charge is 0.293 e. The molecule has 0 atom stereocenters. The molecule has 1 fully saturated rings. The summed E-state index contributed by atoms with van der Waals surface area (Å²) in [7, 11) is 0. The van der Waals surface area contributed by atoms with Gasteiger partial charge in [0, 0.05) is 6.54 Å². The summed E-state index contributed by atoms with van der Waals surface area (Å²) in [6.45, 7) is 0.682. The number of carbonyl (C=O) groups excluding carboxylic acids is 2. The summed E-state index contributed by atoms with van der Waals surface area (Å²) in [4.78, 5) is 27.0. The van der Waals surface area contributed by atoms with Gasteiger partial charge >= 0.3 is 0 Å². The predicted molar refractivity (Wildman–Crippen MR) is 152 cm³/mol. The third-order valence-corrected chi connectivity index (χ3v) is 7.60. The summed E-state index contributed by atoms with van der Waals surface area (Å²) in [6, 6.07) is 27.5. The molecule has 5 rings (SSSR count). The van der Waals surface area contributed by atoms with Crippen LogP contribution in [0.4, 0.5) is 4.79 Å². The molecular formula is C30H23Cl2NO3S. The fourth-order valence-electron chi connectivity index (χ4n) is 4.30. The van der Waals surface area contributed by atoms with Crippen molar-refractivity contribution in [3.8, 4) is 5.75 Å². The van der Waals surface area contributed by atoms with Crippen molar-refractivity contribution in [1.82, 2.24) is 4.90 Å². The average Bonchev–Trinajstić information content (AvgIpc) is 3.16. The number of rotatable bonds is 8. The first-order valence-electron chi connectivity index (χ1n) is 11.9. The van der Waals surface area contributed by atoms with Crippen molar-refractivity contribution in [2.45, 2.75) is 19.4 Å². The first kappa shape index (κ1) is 25.4. The van der Waals surface area contributed by atoms with Gasteiger partial charge in [0.25, 0.3) is 11.1 Å². The molecule has 0 N–H and O–H groups in total. The fourth-order valence-corrected chi connectivity index (χ4v) is 5.78. The van der Waals surface area contributed by atoms with Crippen LogP contribution < -0.4 is 4.74 Å². The molecule has 7 heteroatoms. The van der Waals surface area contributed by atoms with Crippen molar-refractivity contribution in [2.75, 3.05) is 6.54 Å². The number of fused-ring (bicyclic) bond motifs is 1. The molecule has 0 spiro atoms. The number of carbonyl (C=O) groups is 2. The number of hydrogen-bond acceptors (Lipinski definition) is 4. The van der Waals surface area contributed by atoms with E-state index in [9.17, 15) is 9.59 Å². The van der Waals surface area contributed by atoms with Gasteiger partial charge in [0.15, 0.2) is 5.75 Å². The minimum absolute atomic E-state index is 0.267. The standard InChI is InChI=1S/C30H23Cl2NO3S/c31-25-16-21(17-26(32)28(25)36-19-23-13-6-12-22-11-4-5-14-24(22)23)18-27-29(34)33(30(35)37-27)15-7-10-20-8-2-1-3-9-20/h1-6,8-9,11-14,16-18H,7,10,15,19H2/b27-18+. The summed E-state index contributed by atoms with van der Waals surface area (Å²) in [5.41, 5.74) is 2.83. The molecule has 37 heavy (non-hydrogen) atoms. The maximum absolute atomic E-state index is 12.9. The number of amides is 2. The van der Waals surface area contributed by atoms with Crippen LogP contribution in [-0.4, -0.2) is 22.6 Å². The number of ether oxygens (including phenoxy) is 1. The average molecular weight is 548 g/mol. The Kier molecular flexibility index (Phi) is 7.85. The Labute approximate surface area is 229 Å². The minimum atomic E-state index is -0.299. The third-order valence-electron chi connectivity index (χ3n) is 6.13. The van der Waals surface area contributed by atoms with Gasteiger partial charge in [-0.05, 0) is 70.3 Å². The van der Waals surface area contributed by atoms with Crippen LogP contribution in [0.15, 0.2) is 89.8 Å². The molecule has 4 aromatic rings. The highest BCUT2D eigenvalue weighted by atomic mass is 35.5. The highest BCUT2D eigenvalue weighted by Gasteiger charge is 2.34. The molecule has 0 aromatic heterocycles. The number of nitrogens with zero attached hydrogens (tertiary/aromatic N) is 1. The van der Waals surface area contributed by atoms with Crippen LogP contribution in [0.25, 0.3) is 16.8 Å². The molecule has 0 unspecified atom stereocenters. The van der Waals surface area contributed by atoms with Gasteiger partial charge in [-0.3, -0.25) is 14.5 Å². The first-order valence-corrected chi connectivity index (χ1v) is 13.4. The first-order chi connectivity index (χ1) is 18.0. The Morgan fingerprint density at radius 2 is 1.57 bits per heavy atom. The SMILES string of the molecule is O=C1S/C(=C/c2cc(Cl)c(OCc3cccc4ccccc34)c(Cl)c2)C(=O)N1CCCc1ccccc1. The molecular weight excluding hydrogens is 525 g/mol. The van der Waals surface area contributed by atoms with Crippen molar-refractivity contribution >= 4 is 63.0 Å². The van der Waals surface area contributed by atoms with Crippen molar-refractivity contribution in [2.24, 2.45) is 0 Å². The van der Waals surface area contributed by atoms with E-state index in [-0.39, 0.29) is 11.1 Å². The van der Waals surface area contributed by atoms with E-state index in [2.05, 4.69) is 18.2 Å².